The molecule has 3 rings (SSSR count). The number of carboxylic acids is 1. The summed E-state index contributed by atoms with van der Waals surface area (Å²) >= 11 is 0. The van der Waals surface area contributed by atoms with E-state index in [0.717, 1.165) is 11.1 Å². The average molecular weight is 414 g/mol. The highest BCUT2D eigenvalue weighted by molar-refractivity contribution is 5.76. The number of carbonyl (C=O) groups is 1. The fourth-order valence-electron chi connectivity index (χ4n) is 2.54. The van der Waals surface area contributed by atoms with Gasteiger partial charge in [0.2, 0.25) is 0 Å². The maximum atomic E-state index is 14.2. The molecule has 0 aliphatic rings. The first-order valence-electron chi connectivity index (χ1n) is 9.16. The molecule has 30 heavy (non-hydrogen) atoms. The number of aromatic nitrogens is 2. The molecule has 0 fully saturated rings. The van der Waals surface area contributed by atoms with Gasteiger partial charge in [0.25, 0.3) is 0 Å². The third-order valence-electron chi connectivity index (χ3n) is 4.30. The van der Waals surface area contributed by atoms with Gasteiger partial charge in [0.1, 0.15) is 5.82 Å². The molecule has 0 saturated heterocycles. The Bertz CT molecular complexity index is 1020. The van der Waals surface area contributed by atoms with Gasteiger partial charge in [0.05, 0.1) is 6.61 Å². The van der Waals surface area contributed by atoms with Crippen LogP contribution in [0.2, 0.25) is 0 Å². The number of hydrogen-bond acceptors (Lipinski definition) is 5. The van der Waals surface area contributed by atoms with Crippen LogP contribution in [-0.2, 0) is 11.2 Å². The zero-order chi connectivity index (χ0) is 21.7. The number of aliphatic carboxylic acids is 1. The zero-order valence-electron chi connectivity index (χ0n) is 16.4. The summed E-state index contributed by atoms with van der Waals surface area (Å²) in [7, 11) is 0. The van der Waals surface area contributed by atoms with Gasteiger partial charge in [-0.15, -0.1) is 0 Å². The van der Waals surface area contributed by atoms with Crippen LogP contribution in [0, 0.1) is 11.6 Å². The van der Waals surface area contributed by atoms with Crippen molar-refractivity contribution in [3.63, 3.8) is 0 Å². The molecule has 6 nitrogen and oxygen atoms in total. The second kappa shape index (κ2) is 8.86. The molecule has 0 aliphatic carbocycles. The van der Waals surface area contributed by atoms with Gasteiger partial charge in [-0.3, -0.25) is 0 Å². The molecule has 1 aromatic heterocycles. The molecule has 0 amide bonds. The van der Waals surface area contributed by atoms with Crippen molar-refractivity contribution >= 4 is 5.97 Å². The number of carboxylic acid groups (broad SMARTS) is 1. The highest BCUT2D eigenvalue weighted by Crippen LogP contribution is 2.24. The van der Waals surface area contributed by atoms with Crippen LogP contribution in [0.25, 0.3) is 11.1 Å². The molecular formula is C22H20F2N2O4. The van der Waals surface area contributed by atoms with Crippen molar-refractivity contribution in [1.82, 2.24) is 9.97 Å². The fourth-order valence-corrected chi connectivity index (χ4v) is 2.54. The number of halogens is 2. The topological polar surface area (TPSA) is 81.5 Å². The van der Waals surface area contributed by atoms with Crippen LogP contribution in [0.15, 0.2) is 54.9 Å². The van der Waals surface area contributed by atoms with Gasteiger partial charge >= 0.3 is 12.0 Å². The smallest absolute Gasteiger partial charge is 0.347 e. The van der Waals surface area contributed by atoms with Crippen molar-refractivity contribution in [1.29, 1.82) is 0 Å². The van der Waals surface area contributed by atoms with E-state index >= 15 is 0 Å². The lowest BCUT2D eigenvalue weighted by molar-refractivity contribution is -0.152. The molecule has 8 heteroatoms. The van der Waals surface area contributed by atoms with Gasteiger partial charge in [-0.2, -0.15) is 0 Å². The minimum absolute atomic E-state index is 0.133. The van der Waals surface area contributed by atoms with E-state index in [2.05, 4.69) is 9.97 Å². The molecular weight excluding hydrogens is 394 g/mol. The molecule has 0 spiro atoms. The first-order valence-corrected chi connectivity index (χ1v) is 9.16. The minimum atomic E-state index is -1.54. The van der Waals surface area contributed by atoms with Crippen molar-refractivity contribution in [2.24, 2.45) is 0 Å². The second-order valence-electron chi connectivity index (χ2n) is 7.04. The lowest BCUT2D eigenvalue weighted by atomic mass is 10.1. The average Bonchev–Trinajstić information content (AvgIpc) is 2.71. The van der Waals surface area contributed by atoms with Crippen LogP contribution < -0.4 is 9.47 Å². The van der Waals surface area contributed by atoms with Crippen molar-refractivity contribution < 1.29 is 28.2 Å². The normalized spacial score (nSPS) is 11.2. The number of ether oxygens (including phenoxy) is 2. The SMILES string of the molecule is CC(C)(Oc1ccc(CCOc2ncc(-c3ccc(F)cc3)cn2)cc1F)C(=O)O. The van der Waals surface area contributed by atoms with E-state index in [4.69, 9.17) is 14.6 Å². The maximum Gasteiger partial charge on any atom is 0.347 e. The van der Waals surface area contributed by atoms with Crippen LogP contribution in [0.3, 0.4) is 0 Å². The molecule has 2 aromatic carbocycles. The summed E-state index contributed by atoms with van der Waals surface area (Å²) in [6, 6.07) is 10.5. The van der Waals surface area contributed by atoms with Crippen molar-refractivity contribution in [2.75, 3.05) is 6.61 Å². The lowest BCUT2D eigenvalue weighted by Gasteiger charge is -2.22. The zero-order valence-corrected chi connectivity index (χ0v) is 16.4. The molecule has 0 radical (unpaired) electrons. The molecule has 0 unspecified atom stereocenters. The summed E-state index contributed by atoms with van der Waals surface area (Å²) < 4.78 is 37.9. The first kappa shape index (κ1) is 21.2. The Morgan fingerprint density at radius 1 is 1.03 bits per heavy atom. The Morgan fingerprint density at radius 3 is 2.30 bits per heavy atom. The molecule has 1 N–H and O–H groups in total. The standard InChI is InChI=1S/C22H20F2N2O4/c1-22(2,20(27)28)30-19-8-3-14(11-18(19)24)9-10-29-21-25-12-16(13-26-21)15-4-6-17(23)7-5-15/h3-8,11-13H,9-10H2,1-2H3,(H,27,28). The molecule has 156 valence electrons. The quantitative estimate of drug-likeness (QED) is 0.592. The van der Waals surface area contributed by atoms with Crippen LogP contribution in [0.4, 0.5) is 8.78 Å². The minimum Gasteiger partial charge on any atom is -0.478 e. The largest absolute Gasteiger partial charge is 0.478 e. The van der Waals surface area contributed by atoms with Gasteiger partial charge in [-0.25, -0.2) is 23.5 Å². The Morgan fingerprint density at radius 2 is 1.70 bits per heavy atom. The summed E-state index contributed by atoms with van der Waals surface area (Å²) in [5, 5.41) is 9.07. The number of benzene rings is 2. The van der Waals surface area contributed by atoms with E-state index < -0.39 is 17.4 Å². The summed E-state index contributed by atoms with van der Waals surface area (Å²) in [4.78, 5) is 19.3. The van der Waals surface area contributed by atoms with E-state index in [0.29, 0.717) is 12.0 Å². The third-order valence-corrected chi connectivity index (χ3v) is 4.30. The first-order chi connectivity index (χ1) is 14.2. The molecule has 0 bridgehead atoms. The molecule has 0 saturated carbocycles. The summed E-state index contributed by atoms with van der Waals surface area (Å²) in [5.74, 6) is -2.29. The van der Waals surface area contributed by atoms with Gasteiger partial charge in [0.15, 0.2) is 17.2 Å². The summed E-state index contributed by atoms with van der Waals surface area (Å²) in [6.07, 6.45) is 3.54. The van der Waals surface area contributed by atoms with Gasteiger partial charge < -0.3 is 14.6 Å². The second-order valence-corrected chi connectivity index (χ2v) is 7.04. The Balaban J connectivity index is 1.55. The maximum absolute atomic E-state index is 14.2. The highest BCUT2D eigenvalue weighted by atomic mass is 19.1. The predicted molar refractivity (Wildman–Crippen MR) is 105 cm³/mol. The van der Waals surface area contributed by atoms with Crippen LogP contribution >= 0.6 is 0 Å². The monoisotopic (exact) mass is 414 g/mol. The highest BCUT2D eigenvalue weighted by Gasteiger charge is 2.30. The van der Waals surface area contributed by atoms with E-state index in [1.54, 1.807) is 30.6 Å². The Kier molecular flexibility index (Phi) is 6.25. The molecule has 0 atom stereocenters. The van der Waals surface area contributed by atoms with Gasteiger partial charge in [0, 0.05) is 24.4 Å². The molecule has 1 heterocycles. The number of hydrogen-bond donors (Lipinski definition) is 1. The van der Waals surface area contributed by atoms with E-state index in [1.165, 1.54) is 38.1 Å². The fraction of sp³-hybridized carbons (Fsp3) is 0.227. The Labute approximate surface area is 172 Å². The summed E-state index contributed by atoms with van der Waals surface area (Å²) in [5.41, 5.74) is 0.620. The number of rotatable bonds is 8. The van der Waals surface area contributed by atoms with Crippen molar-refractivity contribution in [3.8, 4) is 22.9 Å². The molecule has 0 aliphatic heterocycles. The van der Waals surface area contributed by atoms with E-state index in [-0.39, 0.29) is 24.2 Å². The van der Waals surface area contributed by atoms with Crippen molar-refractivity contribution in [3.05, 3.63) is 72.1 Å². The lowest BCUT2D eigenvalue weighted by Crippen LogP contribution is -2.38. The van der Waals surface area contributed by atoms with E-state index in [1.807, 2.05) is 0 Å². The number of nitrogens with zero attached hydrogens (tertiary/aromatic N) is 2. The van der Waals surface area contributed by atoms with Gasteiger partial charge in [-0.1, -0.05) is 18.2 Å². The Hall–Kier alpha value is -3.55. The summed E-state index contributed by atoms with van der Waals surface area (Å²) in [6.45, 7) is 2.91. The van der Waals surface area contributed by atoms with Gasteiger partial charge in [-0.05, 0) is 49.2 Å². The van der Waals surface area contributed by atoms with Crippen molar-refractivity contribution in [2.45, 2.75) is 25.9 Å². The third kappa shape index (κ3) is 5.28. The predicted octanol–water partition coefficient (Wildman–Crippen LogP) is 4.29. The van der Waals surface area contributed by atoms with Crippen LogP contribution in [-0.4, -0.2) is 33.3 Å². The van der Waals surface area contributed by atoms with Crippen LogP contribution in [0.5, 0.6) is 11.8 Å². The molecule has 3 aromatic rings. The van der Waals surface area contributed by atoms with Crippen LogP contribution in [0.1, 0.15) is 19.4 Å². The van der Waals surface area contributed by atoms with E-state index in [9.17, 15) is 13.6 Å².